The van der Waals surface area contributed by atoms with E-state index in [1.54, 1.807) is 18.2 Å². The molecule has 1 aromatic heterocycles. The van der Waals surface area contributed by atoms with Gasteiger partial charge in [0.25, 0.3) is 0 Å². The average Bonchev–Trinajstić information content (AvgIpc) is 2.89. The Bertz CT molecular complexity index is 669. The molecule has 2 aromatic rings. The van der Waals surface area contributed by atoms with Crippen LogP contribution in [-0.2, 0) is 4.74 Å². The van der Waals surface area contributed by atoms with Crippen molar-refractivity contribution in [3.63, 3.8) is 0 Å². The summed E-state index contributed by atoms with van der Waals surface area (Å²) in [7, 11) is 0. The van der Waals surface area contributed by atoms with Crippen LogP contribution in [0.15, 0.2) is 22.7 Å². The van der Waals surface area contributed by atoms with Gasteiger partial charge in [-0.3, -0.25) is 0 Å². The third-order valence-electron chi connectivity index (χ3n) is 3.73. The Hall–Kier alpha value is -0.870. The van der Waals surface area contributed by atoms with Gasteiger partial charge in [-0.05, 0) is 28.1 Å². The molecule has 1 aliphatic heterocycles. The number of H-pyrrole nitrogens is 1. The molecule has 0 unspecified atom stereocenters. The zero-order valence-electron chi connectivity index (χ0n) is 11.7. The molecule has 1 aromatic carbocycles. The van der Waals surface area contributed by atoms with E-state index in [2.05, 4.69) is 20.9 Å². The van der Waals surface area contributed by atoms with E-state index in [1.807, 2.05) is 0 Å². The number of aromatic amines is 1. The highest BCUT2D eigenvalue weighted by Crippen LogP contribution is 2.31. The molecular formula is C14H15BrClNO6. The van der Waals surface area contributed by atoms with Gasteiger partial charge in [0.1, 0.15) is 24.4 Å². The van der Waals surface area contributed by atoms with E-state index in [1.165, 1.54) is 0 Å². The molecule has 1 aliphatic rings. The summed E-state index contributed by atoms with van der Waals surface area (Å²) < 4.78 is 11.5. The number of aliphatic hydroxyl groups excluding tert-OH is 4. The Morgan fingerprint density at radius 2 is 1.91 bits per heavy atom. The van der Waals surface area contributed by atoms with Crippen molar-refractivity contribution in [3.05, 3.63) is 27.7 Å². The minimum Gasteiger partial charge on any atom is -0.447 e. The van der Waals surface area contributed by atoms with Crippen LogP contribution in [0.4, 0.5) is 0 Å². The molecule has 0 radical (unpaired) electrons. The Kier molecular flexibility index (Phi) is 4.84. The van der Waals surface area contributed by atoms with E-state index in [-0.39, 0.29) is 0 Å². The molecule has 0 saturated carbocycles. The van der Waals surface area contributed by atoms with Crippen LogP contribution in [0.25, 0.3) is 10.9 Å². The van der Waals surface area contributed by atoms with E-state index in [0.29, 0.717) is 10.9 Å². The number of ether oxygens (including phenoxy) is 2. The van der Waals surface area contributed by atoms with Crippen molar-refractivity contribution in [2.45, 2.75) is 30.7 Å². The number of rotatable bonds is 3. The molecular weight excluding hydrogens is 394 g/mol. The molecule has 0 bridgehead atoms. The molecule has 0 amide bonds. The summed E-state index contributed by atoms with van der Waals surface area (Å²) in [6.07, 6.45) is -6.63. The second kappa shape index (κ2) is 6.56. The van der Waals surface area contributed by atoms with Gasteiger partial charge in [-0.15, -0.1) is 0 Å². The first-order valence-corrected chi connectivity index (χ1v) is 8.02. The molecule has 5 atom stereocenters. The fourth-order valence-corrected chi connectivity index (χ4v) is 2.98. The van der Waals surface area contributed by atoms with E-state index >= 15 is 0 Å². The number of hydrogen-bond donors (Lipinski definition) is 5. The smallest absolute Gasteiger partial charge is 0.230 e. The summed E-state index contributed by atoms with van der Waals surface area (Å²) in [6, 6.07) is 5.19. The maximum atomic E-state index is 9.96. The maximum absolute atomic E-state index is 9.96. The van der Waals surface area contributed by atoms with Gasteiger partial charge in [0.2, 0.25) is 6.29 Å². The van der Waals surface area contributed by atoms with Gasteiger partial charge in [-0.25, -0.2) is 0 Å². The van der Waals surface area contributed by atoms with E-state index in [4.69, 9.17) is 26.2 Å². The van der Waals surface area contributed by atoms with Crippen LogP contribution in [-0.4, -0.2) is 62.7 Å². The standard InChI is InChI=1S/C14H15BrClNO6/c15-6-1-5-2-10(17-8(5)3-7(6)16)23-14-13(21)12(20)11(19)9(4-18)22-14/h1-3,9,11-14,17-21H,4H2/t9-,11-,12+,13-,14+/m1/s1. The van der Waals surface area contributed by atoms with Crippen LogP contribution in [0.5, 0.6) is 5.88 Å². The lowest BCUT2D eigenvalue weighted by molar-refractivity contribution is -0.278. The first-order valence-electron chi connectivity index (χ1n) is 6.85. The third-order valence-corrected chi connectivity index (χ3v) is 4.93. The van der Waals surface area contributed by atoms with Crippen molar-refractivity contribution < 1.29 is 29.9 Å². The summed E-state index contributed by atoms with van der Waals surface area (Å²) in [5.41, 5.74) is 0.720. The van der Waals surface area contributed by atoms with E-state index < -0.39 is 37.3 Å². The minimum absolute atomic E-state index is 0.290. The Morgan fingerprint density at radius 1 is 1.17 bits per heavy atom. The first kappa shape index (κ1) is 17.0. The van der Waals surface area contributed by atoms with Crippen LogP contribution in [0.2, 0.25) is 5.02 Å². The van der Waals surface area contributed by atoms with Crippen LogP contribution in [0, 0.1) is 0 Å². The Morgan fingerprint density at radius 3 is 2.61 bits per heavy atom. The SMILES string of the molecule is OC[C@H]1O[C@@H](Oc2cc3cc(Br)c(Cl)cc3[nH]2)[C@H](O)[C@@H](O)[C@@H]1O. The fraction of sp³-hybridized carbons (Fsp3) is 0.429. The van der Waals surface area contributed by atoms with Gasteiger partial charge in [0.15, 0.2) is 5.88 Å². The number of halogens is 2. The average molecular weight is 409 g/mol. The van der Waals surface area contributed by atoms with Crippen LogP contribution in [0.1, 0.15) is 0 Å². The lowest BCUT2D eigenvalue weighted by atomic mass is 9.99. The molecule has 5 N–H and O–H groups in total. The maximum Gasteiger partial charge on any atom is 0.230 e. The topological polar surface area (TPSA) is 115 Å². The minimum atomic E-state index is -1.49. The molecule has 3 rings (SSSR count). The van der Waals surface area contributed by atoms with Gasteiger partial charge < -0.3 is 34.9 Å². The highest BCUT2D eigenvalue weighted by molar-refractivity contribution is 9.10. The summed E-state index contributed by atoms with van der Waals surface area (Å²) in [6.45, 7) is -0.514. The number of nitrogens with one attached hydrogen (secondary N) is 1. The first-order chi connectivity index (χ1) is 10.9. The molecule has 2 heterocycles. The Labute approximate surface area is 144 Å². The monoisotopic (exact) mass is 407 g/mol. The van der Waals surface area contributed by atoms with Crippen molar-refractivity contribution in [1.82, 2.24) is 4.98 Å². The molecule has 1 fully saturated rings. The number of hydrogen-bond acceptors (Lipinski definition) is 6. The van der Waals surface area contributed by atoms with E-state index in [9.17, 15) is 15.3 Å². The quantitative estimate of drug-likeness (QED) is 0.512. The second-order valence-electron chi connectivity index (χ2n) is 5.30. The van der Waals surface area contributed by atoms with Crippen LogP contribution in [0.3, 0.4) is 0 Å². The van der Waals surface area contributed by atoms with Gasteiger partial charge >= 0.3 is 0 Å². The van der Waals surface area contributed by atoms with Crippen molar-refractivity contribution in [3.8, 4) is 5.88 Å². The summed E-state index contributed by atoms with van der Waals surface area (Å²) in [5.74, 6) is 0.290. The molecule has 9 heteroatoms. The van der Waals surface area contributed by atoms with Crippen molar-refractivity contribution >= 4 is 38.4 Å². The number of aromatic nitrogens is 1. The molecule has 0 spiro atoms. The van der Waals surface area contributed by atoms with Gasteiger partial charge in [-0.1, -0.05) is 11.6 Å². The van der Waals surface area contributed by atoms with Crippen molar-refractivity contribution in [1.29, 1.82) is 0 Å². The summed E-state index contributed by atoms with van der Waals surface area (Å²) >= 11 is 9.35. The molecule has 7 nitrogen and oxygen atoms in total. The van der Waals surface area contributed by atoms with Crippen molar-refractivity contribution in [2.75, 3.05) is 6.61 Å². The van der Waals surface area contributed by atoms with Gasteiger partial charge in [-0.2, -0.15) is 0 Å². The lowest BCUT2D eigenvalue weighted by Crippen LogP contribution is -2.60. The number of aliphatic hydroxyl groups is 4. The zero-order chi connectivity index (χ0) is 16.7. The number of fused-ring (bicyclic) bond motifs is 1. The Balaban J connectivity index is 1.83. The number of benzene rings is 1. The van der Waals surface area contributed by atoms with Gasteiger partial charge in [0.05, 0.1) is 11.6 Å². The summed E-state index contributed by atoms with van der Waals surface area (Å²) in [4.78, 5) is 2.97. The summed E-state index contributed by atoms with van der Waals surface area (Å²) in [5, 5.41) is 40.0. The van der Waals surface area contributed by atoms with Gasteiger partial charge in [0, 0.05) is 21.4 Å². The molecule has 126 valence electrons. The zero-order valence-corrected chi connectivity index (χ0v) is 14.0. The van der Waals surface area contributed by atoms with E-state index in [0.717, 1.165) is 15.4 Å². The predicted molar refractivity (Wildman–Crippen MR) is 85.4 cm³/mol. The largest absolute Gasteiger partial charge is 0.447 e. The predicted octanol–water partition coefficient (Wildman–Crippen LogP) is 0.762. The second-order valence-corrected chi connectivity index (χ2v) is 6.56. The highest BCUT2D eigenvalue weighted by Gasteiger charge is 2.44. The molecule has 23 heavy (non-hydrogen) atoms. The van der Waals surface area contributed by atoms with Crippen LogP contribution < -0.4 is 4.74 Å². The molecule has 0 aliphatic carbocycles. The lowest BCUT2D eigenvalue weighted by Gasteiger charge is -2.39. The molecule has 1 saturated heterocycles. The van der Waals surface area contributed by atoms with Crippen LogP contribution >= 0.6 is 27.5 Å². The van der Waals surface area contributed by atoms with Crippen molar-refractivity contribution in [2.24, 2.45) is 0 Å². The normalized spacial score (nSPS) is 31.5. The highest BCUT2D eigenvalue weighted by atomic mass is 79.9. The fourth-order valence-electron chi connectivity index (χ4n) is 2.45. The third kappa shape index (κ3) is 3.20.